The zero-order chi connectivity index (χ0) is 25.4. The first kappa shape index (κ1) is 25.8. The fourth-order valence-electron chi connectivity index (χ4n) is 4.46. The van der Waals surface area contributed by atoms with Crippen LogP contribution in [0.5, 0.6) is 11.5 Å². The Morgan fingerprint density at radius 2 is 1.34 bits per heavy atom. The number of fused-ring (bicyclic) bond motifs is 1. The Labute approximate surface area is 238 Å². The summed E-state index contributed by atoms with van der Waals surface area (Å²) in [5.74, 6) is 1.22. The molecule has 4 aromatic carbocycles. The average Bonchev–Trinajstić information content (AvgIpc) is 3.56. The molecule has 0 atom stereocenters. The Morgan fingerprint density at radius 3 is 2.05 bits per heavy atom. The number of rotatable bonds is 5. The predicted octanol–water partition coefficient (Wildman–Crippen LogP) is 7.81. The van der Waals surface area contributed by atoms with Crippen LogP contribution < -0.4 is 14.5 Å². The molecule has 5 nitrogen and oxygen atoms in total. The van der Waals surface area contributed by atoms with Crippen LogP contribution in [0.2, 0.25) is 0 Å². The maximum Gasteiger partial charge on any atom is 0.0571 e. The van der Waals surface area contributed by atoms with Crippen molar-refractivity contribution in [1.82, 2.24) is 9.78 Å². The second-order valence-corrected chi connectivity index (χ2v) is 9.96. The third-order valence-corrected chi connectivity index (χ3v) is 6.28. The quantitative estimate of drug-likeness (QED) is 0.178. The molecule has 6 heteroatoms. The van der Waals surface area contributed by atoms with Crippen LogP contribution in [0.3, 0.4) is 0 Å². The molecule has 1 aliphatic heterocycles. The van der Waals surface area contributed by atoms with E-state index in [0.29, 0.717) is 11.5 Å². The van der Waals surface area contributed by atoms with Gasteiger partial charge >= 0.3 is 0 Å². The number of benzene rings is 4. The molecule has 0 N–H and O–H groups in total. The normalized spacial score (nSPS) is 12.7. The number of anilines is 3. The first-order valence-electron chi connectivity index (χ1n) is 12.3. The summed E-state index contributed by atoms with van der Waals surface area (Å²) in [6, 6.07) is 37.1. The molecule has 0 aliphatic carbocycles. The Balaban J connectivity index is 0.00000294. The average molecular weight is 679 g/mol. The molecule has 0 saturated heterocycles. The van der Waals surface area contributed by atoms with Gasteiger partial charge in [-0.2, -0.15) is 23.9 Å². The van der Waals surface area contributed by atoms with Crippen LogP contribution in [0.1, 0.15) is 20.8 Å². The smallest absolute Gasteiger partial charge is 0.0571 e. The van der Waals surface area contributed by atoms with E-state index in [-0.39, 0.29) is 26.6 Å². The van der Waals surface area contributed by atoms with Gasteiger partial charge in [0.05, 0.1) is 6.20 Å². The van der Waals surface area contributed by atoms with Crippen molar-refractivity contribution in [3.05, 3.63) is 122 Å². The summed E-state index contributed by atoms with van der Waals surface area (Å²) >= 11 is 0. The molecule has 0 unspecified atom stereocenters. The Hall–Kier alpha value is -3.82. The van der Waals surface area contributed by atoms with Crippen molar-refractivity contribution in [2.75, 3.05) is 9.80 Å². The minimum absolute atomic E-state index is 0. The third kappa shape index (κ3) is 5.12. The van der Waals surface area contributed by atoms with Gasteiger partial charge in [-0.15, -0.1) is 42.1 Å². The van der Waals surface area contributed by atoms with Crippen molar-refractivity contribution in [3.8, 4) is 28.3 Å². The molecular weight excluding hydrogens is 651 g/mol. The van der Waals surface area contributed by atoms with Gasteiger partial charge in [-0.05, 0) is 44.2 Å². The van der Waals surface area contributed by atoms with E-state index >= 15 is 0 Å². The van der Waals surface area contributed by atoms with Crippen molar-refractivity contribution in [2.24, 2.45) is 0 Å². The van der Waals surface area contributed by atoms with Crippen LogP contribution in [0, 0.1) is 18.8 Å². The molecule has 1 aromatic heterocycles. The SMILES string of the molecule is CC(C)(C)N1[CH-]N(c2[c-]c(Oc3[c-]c(-n4cc(-c5ccccc5)cn4)ccc3)ccc2)c2ccccc21.[Pt]. The largest absolute Gasteiger partial charge is 0.509 e. The van der Waals surface area contributed by atoms with Gasteiger partial charge in [-0.3, -0.25) is 4.68 Å². The molecule has 194 valence electrons. The number of ether oxygens (including phenoxy) is 1. The molecule has 0 amide bonds. The number of nitrogens with zero attached hydrogens (tertiary/aromatic N) is 4. The van der Waals surface area contributed by atoms with Gasteiger partial charge in [0.25, 0.3) is 0 Å². The molecule has 38 heavy (non-hydrogen) atoms. The summed E-state index contributed by atoms with van der Waals surface area (Å²) in [6.45, 7) is 8.75. The topological polar surface area (TPSA) is 33.5 Å². The van der Waals surface area contributed by atoms with Crippen molar-refractivity contribution >= 4 is 17.1 Å². The first-order valence-corrected chi connectivity index (χ1v) is 12.3. The van der Waals surface area contributed by atoms with Crippen molar-refractivity contribution < 1.29 is 25.8 Å². The molecule has 0 fully saturated rings. The maximum absolute atomic E-state index is 6.21. The van der Waals surface area contributed by atoms with Gasteiger partial charge in [0.2, 0.25) is 0 Å². The minimum atomic E-state index is -0.0543. The maximum atomic E-state index is 6.21. The van der Waals surface area contributed by atoms with Crippen molar-refractivity contribution in [1.29, 1.82) is 0 Å². The minimum Gasteiger partial charge on any atom is -0.509 e. The fourth-order valence-corrected chi connectivity index (χ4v) is 4.46. The van der Waals surface area contributed by atoms with Gasteiger partial charge in [0.1, 0.15) is 0 Å². The van der Waals surface area contributed by atoms with Crippen LogP contribution in [0.15, 0.2) is 103 Å². The summed E-state index contributed by atoms with van der Waals surface area (Å²) in [6.07, 6.45) is 3.86. The second-order valence-electron chi connectivity index (χ2n) is 9.96. The standard InChI is InChI=1S/C32H27N4O.Pt/c1-32(2,3)35-23-34(30-17-7-8-18-31(30)35)26-13-9-15-28(19-26)37-29-16-10-14-27(20-29)36-22-25(21-33-36)24-11-5-4-6-12-24;/h4-18,21-23H,1-3H3;/q-3;. The van der Waals surface area contributed by atoms with Crippen LogP contribution in [0.4, 0.5) is 17.1 Å². The summed E-state index contributed by atoms with van der Waals surface area (Å²) in [4.78, 5) is 4.44. The van der Waals surface area contributed by atoms with E-state index in [0.717, 1.165) is 28.2 Å². The predicted molar refractivity (Wildman–Crippen MR) is 148 cm³/mol. The summed E-state index contributed by atoms with van der Waals surface area (Å²) in [7, 11) is 0. The van der Waals surface area contributed by atoms with Crippen LogP contribution in [0.25, 0.3) is 16.8 Å². The molecule has 0 radical (unpaired) electrons. The molecule has 5 aromatic rings. The molecule has 0 bridgehead atoms. The third-order valence-electron chi connectivity index (χ3n) is 6.28. The molecular formula is C32H27N4OPt-3. The van der Waals surface area contributed by atoms with E-state index in [9.17, 15) is 0 Å². The van der Waals surface area contributed by atoms with Crippen molar-refractivity contribution in [2.45, 2.75) is 26.3 Å². The fraction of sp³-hybridized carbons (Fsp3) is 0.125. The van der Waals surface area contributed by atoms with Gasteiger partial charge in [0, 0.05) is 61.2 Å². The van der Waals surface area contributed by atoms with Gasteiger partial charge in [0.15, 0.2) is 0 Å². The van der Waals surface area contributed by atoms with Crippen LogP contribution in [-0.4, -0.2) is 15.3 Å². The molecule has 1 aliphatic rings. The van der Waals surface area contributed by atoms with Gasteiger partial charge in [-0.1, -0.05) is 42.5 Å². The van der Waals surface area contributed by atoms with Gasteiger partial charge < -0.3 is 14.5 Å². The second kappa shape index (κ2) is 10.5. The van der Waals surface area contributed by atoms with E-state index in [2.05, 4.69) is 90.9 Å². The molecule has 2 heterocycles. The number of para-hydroxylation sites is 2. The Morgan fingerprint density at radius 1 is 0.711 bits per heavy atom. The van der Waals surface area contributed by atoms with E-state index in [1.807, 2.05) is 71.7 Å². The van der Waals surface area contributed by atoms with E-state index in [1.54, 1.807) is 0 Å². The van der Waals surface area contributed by atoms with E-state index in [1.165, 1.54) is 5.69 Å². The molecule has 6 rings (SSSR count). The number of hydrogen-bond donors (Lipinski definition) is 0. The van der Waals surface area contributed by atoms with Crippen LogP contribution in [-0.2, 0) is 21.1 Å². The monoisotopic (exact) mass is 678 g/mol. The summed E-state index contributed by atoms with van der Waals surface area (Å²) in [5, 5.41) is 4.53. The first-order chi connectivity index (χ1) is 18.0. The molecule has 0 spiro atoms. The Bertz CT molecular complexity index is 1540. The number of hydrogen-bond acceptors (Lipinski definition) is 4. The van der Waals surface area contributed by atoms with Gasteiger partial charge in [-0.25, -0.2) is 0 Å². The van der Waals surface area contributed by atoms with E-state index in [4.69, 9.17) is 4.74 Å². The number of aromatic nitrogens is 2. The van der Waals surface area contributed by atoms with E-state index < -0.39 is 0 Å². The van der Waals surface area contributed by atoms with Crippen LogP contribution >= 0.6 is 0 Å². The summed E-state index contributed by atoms with van der Waals surface area (Å²) in [5.41, 5.74) is 6.12. The summed E-state index contributed by atoms with van der Waals surface area (Å²) < 4.78 is 8.02. The Kier molecular flexibility index (Phi) is 7.14. The zero-order valence-electron chi connectivity index (χ0n) is 21.4. The molecule has 0 saturated carbocycles. The zero-order valence-corrected chi connectivity index (χ0v) is 23.7. The van der Waals surface area contributed by atoms with Crippen molar-refractivity contribution in [3.63, 3.8) is 0 Å².